The number of piperidine rings is 1. The summed E-state index contributed by atoms with van der Waals surface area (Å²) in [6.45, 7) is 8.98. The van der Waals surface area contributed by atoms with Crippen LogP contribution < -0.4 is 10.6 Å². The number of hydrogen-bond acceptors (Lipinski definition) is 4. The normalized spacial score (nSPS) is 31.2. The fraction of sp³-hybridized carbons (Fsp3) is 1.00. The van der Waals surface area contributed by atoms with Crippen molar-refractivity contribution in [2.75, 3.05) is 11.5 Å². The van der Waals surface area contributed by atoms with Crippen LogP contribution in [0.4, 0.5) is 0 Å². The zero-order valence-electron chi connectivity index (χ0n) is 12.6. The lowest BCUT2D eigenvalue weighted by atomic mass is 9.79. The van der Waals surface area contributed by atoms with Crippen LogP contribution in [0.2, 0.25) is 0 Å². The third-order valence-electron chi connectivity index (χ3n) is 4.22. The molecule has 0 bridgehead atoms. The van der Waals surface area contributed by atoms with E-state index in [2.05, 4.69) is 38.3 Å². The Morgan fingerprint density at radius 1 is 0.947 bits per heavy atom. The van der Waals surface area contributed by atoms with Gasteiger partial charge in [0.05, 0.1) is 11.5 Å². The third-order valence-corrected chi connectivity index (χ3v) is 5.93. The minimum atomic E-state index is -2.75. The minimum absolute atomic E-state index is 0.139. The van der Waals surface area contributed by atoms with Gasteiger partial charge in [0.1, 0.15) is 9.84 Å². The second-order valence-electron chi connectivity index (χ2n) is 7.59. The van der Waals surface area contributed by atoms with Gasteiger partial charge >= 0.3 is 0 Å². The molecule has 5 heteroatoms. The number of hydrogen-bond donors (Lipinski definition) is 2. The summed E-state index contributed by atoms with van der Waals surface area (Å²) in [5.41, 5.74) is 0.278. The van der Waals surface area contributed by atoms with Crippen molar-refractivity contribution in [1.29, 1.82) is 0 Å². The van der Waals surface area contributed by atoms with Gasteiger partial charge in [-0.15, -0.1) is 0 Å². The monoisotopic (exact) mass is 288 g/mol. The van der Waals surface area contributed by atoms with E-state index in [4.69, 9.17) is 0 Å². The van der Waals surface area contributed by atoms with E-state index in [0.717, 1.165) is 25.7 Å². The van der Waals surface area contributed by atoms with Gasteiger partial charge in [-0.3, -0.25) is 0 Å². The molecule has 0 aromatic carbocycles. The topological polar surface area (TPSA) is 58.2 Å². The maximum atomic E-state index is 11.5. The molecule has 19 heavy (non-hydrogen) atoms. The summed E-state index contributed by atoms with van der Waals surface area (Å²) >= 11 is 0. The van der Waals surface area contributed by atoms with E-state index in [9.17, 15) is 8.42 Å². The van der Waals surface area contributed by atoms with Crippen LogP contribution in [0, 0.1) is 0 Å². The van der Waals surface area contributed by atoms with Crippen LogP contribution in [0.5, 0.6) is 0 Å². The first-order chi connectivity index (χ1) is 8.57. The first-order valence-electron chi connectivity index (χ1n) is 7.33. The highest BCUT2D eigenvalue weighted by molar-refractivity contribution is 7.91. The molecule has 2 heterocycles. The van der Waals surface area contributed by atoms with Gasteiger partial charge < -0.3 is 10.6 Å². The first kappa shape index (κ1) is 15.3. The Morgan fingerprint density at radius 2 is 1.42 bits per heavy atom. The van der Waals surface area contributed by atoms with Crippen molar-refractivity contribution in [2.45, 2.75) is 76.5 Å². The fourth-order valence-electron chi connectivity index (χ4n) is 3.83. The summed E-state index contributed by atoms with van der Waals surface area (Å²) in [7, 11) is -2.75. The zero-order valence-corrected chi connectivity index (χ0v) is 13.4. The van der Waals surface area contributed by atoms with Crippen molar-refractivity contribution < 1.29 is 8.42 Å². The molecular weight excluding hydrogens is 260 g/mol. The van der Waals surface area contributed by atoms with E-state index in [1.54, 1.807) is 0 Å². The molecule has 2 aliphatic rings. The van der Waals surface area contributed by atoms with E-state index in [-0.39, 0.29) is 11.1 Å². The Kier molecular flexibility index (Phi) is 4.02. The standard InChI is InChI=1S/C14H28N2O2S/c1-13(2)9-12(10-14(3,4)16-13)15-11-5-7-19(17,18)8-6-11/h11-12,15-16H,5-10H2,1-4H3. The van der Waals surface area contributed by atoms with Crippen LogP contribution in [0.25, 0.3) is 0 Å². The van der Waals surface area contributed by atoms with Gasteiger partial charge in [0.2, 0.25) is 0 Å². The van der Waals surface area contributed by atoms with Crippen molar-refractivity contribution in [3.8, 4) is 0 Å². The Hall–Kier alpha value is -0.130. The lowest BCUT2D eigenvalue weighted by Gasteiger charge is -2.47. The van der Waals surface area contributed by atoms with Crippen LogP contribution >= 0.6 is 0 Å². The van der Waals surface area contributed by atoms with E-state index < -0.39 is 9.84 Å². The van der Waals surface area contributed by atoms with Crippen molar-refractivity contribution in [1.82, 2.24) is 10.6 Å². The van der Waals surface area contributed by atoms with E-state index in [0.29, 0.717) is 23.6 Å². The molecule has 0 spiro atoms. The average Bonchev–Trinajstić information content (AvgIpc) is 2.16. The molecule has 0 aromatic heterocycles. The summed E-state index contributed by atoms with van der Waals surface area (Å²) in [5, 5.41) is 7.38. The van der Waals surface area contributed by atoms with Crippen LogP contribution in [0.15, 0.2) is 0 Å². The summed E-state index contributed by atoms with van der Waals surface area (Å²) < 4.78 is 22.9. The molecule has 0 radical (unpaired) electrons. The molecule has 2 saturated heterocycles. The van der Waals surface area contributed by atoms with Gasteiger partial charge in [0.15, 0.2) is 0 Å². The zero-order chi connectivity index (χ0) is 14.3. The van der Waals surface area contributed by atoms with Gasteiger partial charge in [-0.2, -0.15) is 0 Å². The lowest BCUT2D eigenvalue weighted by Crippen LogP contribution is -2.62. The van der Waals surface area contributed by atoms with Crippen molar-refractivity contribution in [2.24, 2.45) is 0 Å². The molecular formula is C14H28N2O2S. The quantitative estimate of drug-likeness (QED) is 0.808. The summed E-state index contributed by atoms with van der Waals surface area (Å²) in [4.78, 5) is 0. The SMILES string of the molecule is CC1(C)CC(NC2CCS(=O)(=O)CC2)CC(C)(C)N1. The van der Waals surface area contributed by atoms with Crippen LogP contribution in [-0.4, -0.2) is 43.1 Å². The van der Waals surface area contributed by atoms with Gasteiger partial charge in [-0.25, -0.2) is 8.42 Å². The summed E-state index contributed by atoms with van der Waals surface area (Å²) in [6, 6.07) is 0.857. The highest BCUT2D eigenvalue weighted by atomic mass is 32.2. The molecule has 0 aromatic rings. The van der Waals surface area contributed by atoms with Crippen LogP contribution in [0.3, 0.4) is 0 Å². The summed E-state index contributed by atoms with van der Waals surface area (Å²) in [6.07, 6.45) is 3.74. The number of nitrogens with one attached hydrogen (secondary N) is 2. The molecule has 2 rings (SSSR count). The average molecular weight is 288 g/mol. The molecule has 0 aliphatic carbocycles. The van der Waals surface area contributed by atoms with Crippen LogP contribution in [-0.2, 0) is 9.84 Å². The second kappa shape index (κ2) is 5.01. The predicted octanol–water partition coefficient (Wildman–Crippen LogP) is 1.46. The van der Waals surface area contributed by atoms with E-state index >= 15 is 0 Å². The number of sulfone groups is 1. The maximum absolute atomic E-state index is 11.5. The molecule has 0 amide bonds. The maximum Gasteiger partial charge on any atom is 0.150 e. The Labute approximate surface area is 117 Å². The highest BCUT2D eigenvalue weighted by Crippen LogP contribution is 2.29. The fourth-order valence-corrected chi connectivity index (χ4v) is 5.32. The largest absolute Gasteiger partial charge is 0.311 e. The van der Waals surface area contributed by atoms with Crippen molar-refractivity contribution in [3.63, 3.8) is 0 Å². The first-order valence-corrected chi connectivity index (χ1v) is 9.15. The van der Waals surface area contributed by atoms with Gasteiger partial charge in [-0.1, -0.05) is 0 Å². The van der Waals surface area contributed by atoms with Crippen molar-refractivity contribution >= 4 is 9.84 Å². The van der Waals surface area contributed by atoms with E-state index in [1.165, 1.54) is 0 Å². The molecule has 2 aliphatic heterocycles. The Balaban J connectivity index is 1.92. The van der Waals surface area contributed by atoms with Gasteiger partial charge in [-0.05, 0) is 53.4 Å². The molecule has 2 fully saturated rings. The minimum Gasteiger partial charge on any atom is -0.311 e. The second-order valence-corrected chi connectivity index (χ2v) is 9.89. The van der Waals surface area contributed by atoms with Gasteiger partial charge in [0, 0.05) is 23.2 Å². The molecule has 0 saturated carbocycles. The highest BCUT2D eigenvalue weighted by Gasteiger charge is 2.38. The molecule has 0 unspecified atom stereocenters. The molecule has 0 atom stereocenters. The third kappa shape index (κ3) is 4.43. The molecule has 2 N–H and O–H groups in total. The Bertz CT molecular complexity index is 399. The van der Waals surface area contributed by atoms with E-state index in [1.807, 2.05) is 0 Å². The number of rotatable bonds is 2. The molecule has 4 nitrogen and oxygen atoms in total. The molecule has 112 valence electrons. The Morgan fingerprint density at radius 3 is 1.89 bits per heavy atom. The lowest BCUT2D eigenvalue weighted by molar-refractivity contribution is 0.138. The van der Waals surface area contributed by atoms with Crippen LogP contribution in [0.1, 0.15) is 53.4 Å². The van der Waals surface area contributed by atoms with Crippen molar-refractivity contribution in [3.05, 3.63) is 0 Å². The van der Waals surface area contributed by atoms with Gasteiger partial charge in [0.25, 0.3) is 0 Å². The smallest absolute Gasteiger partial charge is 0.150 e. The summed E-state index contributed by atoms with van der Waals surface area (Å²) in [5.74, 6) is 0.699. The predicted molar refractivity (Wildman–Crippen MR) is 79.1 cm³/mol.